The van der Waals surface area contributed by atoms with Crippen LogP contribution in [0.5, 0.6) is 5.75 Å². The van der Waals surface area contributed by atoms with E-state index in [4.69, 9.17) is 9.47 Å². The van der Waals surface area contributed by atoms with Crippen LogP contribution in [-0.2, 0) is 19.1 Å². The topological polar surface area (TPSA) is 144 Å². The van der Waals surface area contributed by atoms with Gasteiger partial charge in [-0.25, -0.2) is 9.79 Å². The highest BCUT2D eigenvalue weighted by atomic mass is 16.5. The van der Waals surface area contributed by atoms with Crippen LogP contribution in [0, 0.1) is 0 Å². The summed E-state index contributed by atoms with van der Waals surface area (Å²) in [7, 11) is 0. The van der Waals surface area contributed by atoms with Crippen molar-refractivity contribution in [2.24, 2.45) is 25.4 Å². The third kappa shape index (κ3) is 4.94. The number of nitrogens with one attached hydrogen (secondary N) is 1. The molecule has 0 saturated heterocycles. The molecule has 11 nitrogen and oxygen atoms in total. The highest BCUT2D eigenvalue weighted by Gasteiger charge is 2.29. The zero-order valence-corrected chi connectivity index (χ0v) is 17.2. The molecule has 0 atom stereocenters. The number of amidine groups is 2. The molecule has 2 aliphatic rings. The van der Waals surface area contributed by atoms with Crippen molar-refractivity contribution >= 4 is 40.7 Å². The number of amides is 1. The van der Waals surface area contributed by atoms with E-state index < -0.39 is 17.7 Å². The standard InChI is InChI=1S/C20H20N6O5/c1-4-8-31-15-7-6-12(21-10-14(11(3)27)20(29)30-5-2)9-13(15)17-22-18-16(19(28)23-17)24-26-25-18/h6-7,9-10,21H,4-5,8H2,1-3H3/b14-10+. The first kappa shape index (κ1) is 21.7. The van der Waals surface area contributed by atoms with Crippen molar-refractivity contribution in [2.45, 2.75) is 27.2 Å². The third-order valence-corrected chi connectivity index (χ3v) is 4.06. The Bertz CT molecular complexity index is 1080. The number of carbonyl (C=O) groups is 3. The molecular weight excluding hydrogens is 404 g/mol. The molecule has 1 amide bonds. The van der Waals surface area contributed by atoms with E-state index in [1.165, 1.54) is 13.1 Å². The Labute approximate surface area is 177 Å². The predicted octanol–water partition coefficient (Wildman–Crippen LogP) is 2.43. The number of esters is 1. The summed E-state index contributed by atoms with van der Waals surface area (Å²) in [5.41, 5.74) is 0.781. The maximum atomic E-state index is 12.2. The van der Waals surface area contributed by atoms with Gasteiger partial charge in [-0.15, -0.1) is 10.2 Å². The number of benzene rings is 1. The highest BCUT2D eigenvalue weighted by molar-refractivity contribution is 6.69. The summed E-state index contributed by atoms with van der Waals surface area (Å²) >= 11 is 0. The lowest BCUT2D eigenvalue weighted by molar-refractivity contribution is -0.139. The summed E-state index contributed by atoms with van der Waals surface area (Å²) < 4.78 is 10.7. The first-order valence-corrected chi connectivity index (χ1v) is 9.57. The van der Waals surface area contributed by atoms with Gasteiger partial charge in [0.25, 0.3) is 0 Å². The van der Waals surface area contributed by atoms with Crippen molar-refractivity contribution in [1.82, 2.24) is 0 Å². The Morgan fingerprint density at radius 2 is 1.97 bits per heavy atom. The van der Waals surface area contributed by atoms with Crippen molar-refractivity contribution in [1.29, 1.82) is 0 Å². The van der Waals surface area contributed by atoms with Crippen LogP contribution in [0.1, 0.15) is 32.8 Å². The fourth-order valence-corrected chi connectivity index (χ4v) is 2.61. The Hall–Kier alpha value is -4.02. The van der Waals surface area contributed by atoms with Gasteiger partial charge in [-0.1, -0.05) is 6.92 Å². The fraction of sp³-hybridized carbons (Fsp3) is 0.300. The number of fused-ring (bicyclic) bond motifs is 1. The maximum Gasteiger partial charge on any atom is 0.343 e. The SMILES string of the molecule is CCCOc1ccc(N/C=C(\C(C)=O)C(=O)OCC)cc1C1=NC(=O)C2=NN=NC2=N1. The van der Waals surface area contributed by atoms with Gasteiger partial charge in [-0.05, 0) is 43.7 Å². The zero-order valence-electron chi connectivity index (χ0n) is 17.2. The molecule has 3 rings (SSSR count). The summed E-state index contributed by atoms with van der Waals surface area (Å²) in [6, 6.07) is 5.00. The minimum absolute atomic E-state index is 0.0162. The van der Waals surface area contributed by atoms with E-state index >= 15 is 0 Å². The number of hydrogen-bond acceptors (Lipinski definition) is 10. The van der Waals surface area contributed by atoms with Crippen LogP contribution in [0.2, 0.25) is 0 Å². The van der Waals surface area contributed by atoms with E-state index in [2.05, 4.69) is 30.7 Å². The van der Waals surface area contributed by atoms with Gasteiger partial charge in [0.2, 0.25) is 11.5 Å². The Morgan fingerprint density at radius 1 is 1.16 bits per heavy atom. The van der Waals surface area contributed by atoms with Gasteiger partial charge < -0.3 is 14.8 Å². The summed E-state index contributed by atoms with van der Waals surface area (Å²) in [5, 5.41) is 13.7. The molecule has 1 N–H and O–H groups in total. The second kappa shape index (κ2) is 9.65. The zero-order chi connectivity index (χ0) is 22.4. The molecule has 0 bridgehead atoms. The van der Waals surface area contributed by atoms with Crippen LogP contribution >= 0.6 is 0 Å². The number of nitrogens with zero attached hydrogens (tertiary/aromatic N) is 5. The Kier molecular flexibility index (Phi) is 6.75. The van der Waals surface area contributed by atoms with E-state index in [-0.39, 0.29) is 29.6 Å². The molecule has 2 aliphatic heterocycles. The lowest BCUT2D eigenvalue weighted by Crippen LogP contribution is -2.26. The van der Waals surface area contributed by atoms with Crippen LogP contribution in [0.25, 0.3) is 0 Å². The number of Topliss-reactive ketones (excluding diaryl/α,β-unsaturated/α-hetero) is 1. The maximum absolute atomic E-state index is 12.2. The summed E-state index contributed by atoms with van der Waals surface area (Å²) in [6.07, 6.45) is 2.04. The van der Waals surface area contributed by atoms with Crippen molar-refractivity contribution in [3.63, 3.8) is 0 Å². The van der Waals surface area contributed by atoms with Gasteiger partial charge in [0, 0.05) is 11.9 Å². The van der Waals surface area contributed by atoms with E-state index in [1.54, 1.807) is 25.1 Å². The van der Waals surface area contributed by atoms with Crippen LogP contribution in [0.15, 0.2) is 55.4 Å². The lowest BCUT2D eigenvalue weighted by atomic mass is 10.1. The third-order valence-electron chi connectivity index (χ3n) is 4.06. The van der Waals surface area contributed by atoms with Crippen LogP contribution in [0.4, 0.5) is 5.69 Å². The molecular formula is C20H20N6O5. The number of aliphatic imine (C=N–C) groups is 2. The van der Waals surface area contributed by atoms with Crippen molar-refractivity contribution in [2.75, 3.05) is 18.5 Å². The summed E-state index contributed by atoms with van der Waals surface area (Å²) in [4.78, 5) is 44.2. The monoisotopic (exact) mass is 424 g/mol. The first-order valence-electron chi connectivity index (χ1n) is 9.57. The number of carbonyl (C=O) groups excluding carboxylic acids is 3. The van der Waals surface area contributed by atoms with Gasteiger partial charge in [0.1, 0.15) is 11.3 Å². The Morgan fingerprint density at radius 3 is 2.68 bits per heavy atom. The molecule has 31 heavy (non-hydrogen) atoms. The average molecular weight is 424 g/mol. The molecule has 1 aromatic rings. The van der Waals surface area contributed by atoms with Crippen molar-refractivity contribution < 1.29 is 23.9 Å². The van der Waals surface area contributed by atoms with Gasteiger partial charge >= 0.3 is 11.9 Å². The predicted molar refractivity (Wildman–Crippen MR) is 113 cm³/mol. The quantitative estimate of drug-likeness (QED) is 0.279. The molecule has 0 spiro atoms. The minimum atomic E-state index is -0.724. The smallest absolute Gasteiger partial charge is 0.343 e. The molecule has 2 heterocycles. The molecule has 0 aliphatic carbocycles. The van der Waals surface area contributed by atoms with Crippen molar-refractivity contribution in [3.05, 3.63) is 35.5 Å². The lowest BCUT2D eigenvalue weighted by Gasteiger charge is -2.14. The number of hydrogen-bond donors (Lipinski definition) is 1. The number of rotatable bonds is 9. The van der Waals surface area contributed by atoms with Crippen LogP contribution in [-0.4, -0.2) is 48.3 Å². The van der Waals surface area contributed by atoms with Gasteiger partial charge in [-0.3, -0.25) is 9.59 Å². The van der Waals surface area contributed by atoms with Gasteiger partial charge in [0.15, 0.2) is 11.6 Å². The van der Waals surface area contributed by atoms with E-state index in [1.807, 2.05) is 6.92 Å². The van der Waals surface area contributed by atoms with Gasteiger partial charge in [0.05, 0.1) is 18.8 Å². The summed E-state index contributed by atoms with van der Waals surface area (Å²) in [6.45, 7) is 5.47. The second-order valence-corrected chi connectivity index (χ2v) is 6.35. The second-order valence-electron chi connectivity index (χ2n) is 6.35. The molecule has 11 heteroatoms. The fourth-order valence-electron chi connectivity index (χ4n) is 2.61. The molecule has 1 aromatic carbocycles. The number of anilines is 1. The molecule has 0 radical (unpaired) electrons. The van der Waals surface area contributed by atoms with E-state index in [0.717, 1.165) is 6.42 Å². The van der Waals surface area contributed by atoms with Crippen LogP contribution < -0.4 is 10.1 Å². The molecule has 0 unspecified atom stereocenters. The van der Waals surface area contributed by atoms with Crippen LogP contribution in [0.3, 0.4) is 0 Å². The summed E-state index contributed by atoms with van der Waals surface area (Å²) in [5.74, 6) is -1.14. The largest absolute Gasteiger partial charge is 0.493 e. The number of ether oxygens (including phenoxy) is 2. The number of ketones is 1. The molecule has 160 valence electrons. The molecule has 0 saturated carbocycles. The molecule has 0 aromatic heterocycles. The Balaban J connectivity index is 1.96. The van der Waals surface area contributed by atoms with Gasteiger partial charge in [-0.2, -0.15) is 4.99 Å². The van der Waals surface area contributed by atoms with E-state index in [0.29, 0.717) is 23.6 Å². The minimum Gasteiger partial charge on any atom is -0.493 e. The van der Waals surface area contributed by atoms with E-state index in [9.17, 15) is 14.4 Å². The molecule has 0 fully saturated rings. The normalized spacial score (nSPS) is 15.0. The average Bonchev–Trinajstić information content (AvgIpc) is 3.22. The first-order chi connectivity index (χ1) is 14.9. The highest BCUT2D eigenvalue weighted by Crippen LogP contribution is 2.26. The van der Waals surface area contributed by atoms with Crippen molar-refractivity contribution in [3.8, 4) is 5.75 Å².